The second-order valence-corrected chi connectivity index (χ2v) is 6.06. The molecule has 0 heterocycles. The number of aliphatic hydroxyl groups is 1. The summed E-state index contributed by atoms with van der Waals surface area (Å²) in [5, 5.41) is 9.00. The van der Waals surface area contributed by atoms with Crippen molar-refractivity contribution >= 4 is 0 Å². The van der Waals surface area contributed by atoms with E-state index in [1.54, 1.807) is 0 Å². The Balaban J connectivity index is 3.37. The second-order valence-electron chi connectivity index (χ2n) is 6.06. The van der Waals surface area contributed by atoms with Crippen molar-refractivity contribution in [3.05, 3.63) is 28.8 Å². The molecule has 0 aliphatic rings. The smallest absolute Gasteiger partial charge is 0.126 e. The Morgan fingerprint density at radius 3 is 1.68 bits per heavy atom. The quantitative estimate of drug-likeness (QED) is 0.823. The van der Waals surface area contributed by atoms with Gasteiger partial charge in [0.15, 0.2) is 0 Å². The van der Waals surface area contributed by atoms with Gasteiger partial charge in [-0.05, 0) is 34.4 Å². The number of hydrogen-bond donors (Lipinski definition) is 1. The molecule has 0 spiro atoms. The highest BCUT2D eigenvalue weighted by molar-refractivity contribution is 5.48. The summed E-state index contributed by atoms with van der Waals surface area (Å²) >= 11 is 0. The molecule has 0 unspecified atom stereocenters. The van der Waals surface area contributed by atoms with Crippen LogP contribution in [0.3, 0.4) is 0 Å². The van der Waals surface area contributed by atoms with Crippen molar-refractivity contribution in [3.63, 3.8) is 0 Å². The van der Waals surface area contributed by atoms with E-state index in [1.165, 1.54) is 16.7 Å². The number of hydrogen-bond acceptors (Lipinski definition) is 2. The molecule has 1 aromatic rings. The van der Waals surface area contributed by atoms with E-state index in [0.29, 0.717) is 24.4 Å². The predicted molar refractivity (Wildman–Crippen MR) is 81.3 cm³/mol. The SMILES string of the molecule is CC(C)c1cc(C(C)C)c(OCCO)c(C(C)C)c1. The summed E-state index contributed by atoms with van der Waals surface area (Å²) in [5.41, 5.74) is 3.87. The van der Waals surface area contributed by atoms with Crippen molar-refractivity contribution < 1.29 is 9.84 Å². The van der Waals surface area contributed by atoms with Crippen LogP contribution in [0.15, 0.2) is 12.1 Å². The molecule has 0 fully saturated rings. The third kappa shape index (κ3) is 3.97. The molecule has 1 N–H and O–H groups in total. The summed E-state index contributed by atoms with van der Waals surface area (Å²) in [4.78, 5) is 0. The zero-order valence-corrected chi connectivity index (χ0v) is 13.2. The minimum atomic E-state index is 0.0566. The zero-order chi connectivity index (χ0) is 14.6. The van der Waals surface area contributed by atoms with Crippen LogP contribution >= 0.6 is 0 Å². The van der Waals surface area contributed by atoms with Crippen molar-refractivity contribution in [1.29, 1.82) is 0 Å². The fourth-order valence-electron chi connectivity index (χ4n) is 2.20. The molecule has 0 bridgehead atoms. The van der Waals surface area contributed by atoms with Crippen molar-refractivity contribution in [3.8, 4) is 5.75 Å². The molecular formula is C17H28O2. The van der Waals surface area contributed by atoms with E-state index in [9.17, 15) is 0 Å². The predicted octanol–water partition coefficient (Wildman–Crippen LogP) is 4.43. The molecular weight excluding hydrogens is 236 g/mol. The summed E-state index contributed by atoms with van der Waals surface area (Å²) in [5.74, 6) is 2.33. The van der Waals surface area contributed by atoms with Crippen LogP contribution in [0, 0.1) is 0 Å². The molecule has 2 nitrogen and oxygen atoms in total. The van der Waals surface area contributed by atoms with E-state index >= 15 is 0 Å². The molecule has 0 radical (unpaired) electrons. The standard InChI is InChI=1S/C17H28O2/c1-11(2)14-9-15(12(3)4)17(19-8-7-18)16(10-14)13(5)6/h9-13,18H,7-8H2,1-6H3. The zero-order valence-electron chi connectivity index (χ0n) is 13.2. The van der Waals surface area contributed by atoms with Crippen LogP contribution in [0.2, 0.25) is 0 Å². The lowest BCUT2D eigenvalue weighted by Crippen LogP contribution is -2.09. The maximum Gasteiger partial charge on any atom is 0.126 e. The van der Waals surface area contributed by atoms with Crippen LogP contribution in [0.1, 0.15) is 76.0 Å². The van der Waals surface area contributed by atoms with Gasteiger partial charge in [-0.2, -0.15) is 0 Å². The van der Waals surface area contributed by atoms with Gasteiger partial charge in [-0.3, -0.25) is 0 Å². The minimum Gasteiger partial charge on any atom is -0.491 e. The highest BCUT2D eigenvalue weighted by Crippen LogP contribution is 2.37. The summed E-state index contributed by atoms with van der Waals surface area (Å²) in [7, 11) is 0. The number of rotatable bonds is 6. The Morgan fingerprint density at radius 1 is 0.895 bits per heavy atom. The van der Waals surface area contributed by atoms with Gasteiger partial charge >= 0.3 is 0 Å². The van der Waals surface area contributed by atoms with Crippen molar-refractivity contribution in [2.24, 2.45) is 0 Å². The molecule has 0 aliphatic heterocycles. The second kappa shape index (κ2) is 6.95. The van der Waals surface area contributed by atoms with Crippen molar-refractivity contribution in [2.75, 3.05) is 13.2 Å². The topological polar surface area (TPSA) is 29.5 Å². The normalized spacial score (nSPS) is 11.7. The van der Waals surface area contributed by atoms with Gasteiger partial charge < -0.3 is 9.84 Å². The summed E-state index contributed by atoms with van der Waals surface area (Å²) in [6.07, 6.45) is 0. The van der Waals surface area contributed by atoms with E-state index in [1.807, 2.05) is 0 Å². The molecule has 1 rings (SSSR count). The maximum absolute atomic E-state index is 9.00. The first kappa shape index (κ1) is 16.0. The molecule has 1 aromatic carbocycles. The molecule has 108 valence electrons. The van der Waals surface area contributed by atoms with Crippen LogP contribution in [0.25, 0.3) is 0 Å². The molecule has 0 aromatic heterocycles. The van der Waals surface area contributed by atoms with Crippen molar-refractivity contribution in [2.45, 2.75) is 59.3 Å². The van der Waals surface area contributed by atoms with Gasteiger partial charge in [0.05, 0.1) is 6.61 Å². The lowest BCUT2D eigenvalue weighted by Gasteiger charge is -2.22. The van der Waals surface area contributed by atoms with Gasteiger partial charge in [0, 0.05) is 0 Å². The van der Waals surface area contributed by atoms with Crippen LogP contribution in [0.5, 0.6) is 5.75 Å². The fraction of sp³-hybridized carbons (Fsp3) is 0.647. The Kier molecular flexibility index (Phi) is 5.86. The first-order chi connectivity index (χ1) is 8.88. The van der Waals surface area contributed by atoms with E-state index < -0.39 is 0 Å². The molecule has 2 heteroatoms. The average molecular weight is 264 g/mol. The van der Waals surface area contributed by atoms with Crippen LogP contribution in [0.4, 0.5) is 0 Å². The van der Waals surface area contributed by atoms with E-state index in [0.717, 1.165) is 5.75 Å². The highest BCUT2D eigenvalue weighted by atomic mass is 16.5. The third-order valence-electron chi connectivity index (χ3n) is 3.42. The number of benzene rings is 1. The van der Waals surface area contributed by atoms with Crippen LogP contribution < -0.4 is 4.74 Å². The fourth-order valence-corrected chi connectivity index (χ4v) is 2.20. The first-order valence-electron chi connectivity index (χ1n) is 7.29. The average Bonchev–Trinajstić information content (AvgIpc) is 2.34. The largest absolute Gasteiger partial charge is 0.491 e. The molecule has 19 heavy (non-hydrogen) atoms. The van der Waals surface area contributed by atoms with E-state index in [-0.39, 0.29) is 6.61 Å². The Bertz CT molecular complexity index is 377. The minimum absolute atomic E-state index is 0.0566. The number of ether oxygens (including phenoxy) is 1. The highest BCUT2D eigenvalue weighted by Gasteiger charge is 2.18. The Labute approximate surface area is 117 Å². The number of aliphatic hydroxyl groups excluding tert-OH is 1. The molecule has 0 amide bonds. The Hall–Kier alpha value is -1.02. The molecule has 0 aliphatic carbocycles. The summed E-state index contributed by atoms with van der Waals surface area (Å²) in [6, 6.07) is 4.52. The summed E-state index contributed by atoms with van der Waals surface area (Å²) in [6.45, 7) is 13.6. The lowest BCUT2D eigenvalue weighted by molar-refractivity contribution is 0.198. The van der Waals surface area contributed by atoms with Gasteiger partial charge in [0.1, 0.15) is 12.4 Å². The lowest BCUT2D eigenvalue weighted by atomic mass is 9.88. The van der Waals surface area contributed by atoms with Gasteiger partial charge in [-0.25, -0.2) is 0 Å². The molecule has 0 saturated carbocycles. The van der Waals surface area contributed by atoms with Crippen molar-refractivity contribution in [1.82, 2.24) is 0 Å². The molecule has 0 saturated heterocycles. The molecule has 0 atom stereocenters. The Morgan fingerprint density at radius 2 is 1.37 bits per heavy atom. The maximum atomic E-state index is 9.00. The summed E-state index contributed by atoms with van der Waals surface area (Å²) < 4.78 is 5.82. The monoisotopic (exact) mass is 264 g/mol. The van der Waals surface area contributed by atoms with E-state index in [2.05, 4.69) is 53.7 Å². The van der Waals surface area contributed by atoms with Gasteiger partial charge in [-0.1, -0.05) is 53.7 Å². The van der Waals surface area contributed by atoms with Gasteiger partial charge in [0.25, 0.3) is 0 Å². The third-order valence-corrected chi connectivity index (χ3v) is 3.42. The van der Waals surface area contributed by atoms with E-state index in [4.69, 9.17) is 9.84 Å². The van der Waals surface area contributed by atoms with Crippen LogP contribution in [-0.4, -0.2) is 18.3 Å². The van der Waals surface area contributed by atoms with Crippen LogP contribution in [-0.2, 0) is 0 Å². The first-order valence-corrected chi connectivity index (χ1v) is 7.29. The van der Waals surface area contributed by atoms with Gasteiger partial charge in [-0.15, -0.1) is 0 Å². The van der Waals surface area contributed by atoms with Gasteiger partial charge in [0.2, 0.25) is 0 Å².